The van der Waals surface area contributed by atoms with Gasteiger partial charge < -0.3 is 9.47 Å². The molecular formula is C17H18N2O4. The van der Waals surface area contributed by atoms with Gasteiger partial charge in [-0.15, -0.1) is 0 Å². The van der Waals surface area contributed by atoms with Crippen molar-refractivity contribution in [1.29, 1.82) is 0 Å². The number of carbonyl (C=O) groups is 2. The highest BCUT2D eigenvalue weighted by molar-refractivity contribution is 5.95. The average molecular weight is 314 g/mol. The molecule has 6 nitrogen and oxygen atoms in total. The summed E-state index contributed by atoms with van der Waals surface area (Å²) in [5.41, 5.74) is -2.08. The molecule has 6 heteroatoms. The average Bonchev–Trinajstić information content (AvgIpc) is 3.35. The summed E-state index contributed by atoms with van der Waals surface area (Å²) in [7, 11) is 2.78. The Balaban J connectivity index is 1.62. The molecule has 10 atom stereocenters. The Hall–Kier alpha value is -1.72. The van der Waals surface area contributed by atoms with Gasteiger partial charge in [-0.1, -0.05) is 12.2 Å². The Bertz CT molecular complexity index is 732. The van der Waals surface area contributed by atoms with Gasteiger partial charge in [-0.2, -0.15) is 10.2 Å². The van der Waals surface area contributed by atoms with Gasteiger partial charge in [-0.05, 0) is 41.4 Å². The van der Waals surface area contributed by atoms with Gasteiger partial charge in [0, 0.05) is 5.92 Å². The van der Waals surface area contributed by atoms with Crippen LogP contribution < -0.4 is 0 Å². The Morgan fingerprint density at radius 1 is 0.957 bits per heavy atom. The second-order valence-electron chi connectivity index (χ2n) is 8.02. The van der Waals surface area contributed by atoms with E-state index < -0.39 is 16.9 Å². The molecule has 0 amide bonds. The standard InChI is InChI=1S/C17H18N2O4/c1-22-14(20)16-5-18-19-17(16,15(21)23-2)13-10-7-4-3-6-8(7)11(13)12(16)9(6)10/h3-4,6-13H,5H2,1-2H3/t6-,7-,8+,9+,10-,11-,12+,13-,16-,17+/m1/s1. The number of esters is 2. The number of rotatable bonds is 2. The SMILES string of the molecule is COC(=O)[C@]12CN=N[C@]1(C(=O)OC)[C@@H]1[C@@H]3[C@@H]4C=C[C@@H]5[C@@H]4[C@@H]1[C@@H]2[C@@H]53. The predicted octanol–water partition coefficient (Wildman–Crippen LogP) is 1.08. The molecule has 0 unspecified atom stereocenters. The zero-order valence-electron chi connectivity index (χ0n) is 13.0. The quantitative estimate of drug-likeness (QED) is 0.564. The molecule has 0 saturated heterocycles. The van der Waals surface area contributed by atoms with Gasteiger partial charge in [0.2, 0.25) is 0 Å². The lowest BCUT2D eigenvalue weighted by Crippen LogP contribution is -2.64. The summed E-state index contributed by atoms with van der Waals surface area (Å²) in [6.07, 6.45) is 4.68. The van der Waals surface area contributed by atoms with Crippen molar-refractivity contribution in [3.8, 4) is 0 Å². The van der Waals surface area contributed by atoms with Crippen LogP contribution in [0, 0.1) is 52.8 Å². The van der Waals surface area contributed by atoms with Crippen molar-refractivity contribution in [3.05, 3.63) is 12.2 Å². The van der Waals surface area contributed by atoms with Crippen LogP contribution in [0.2, 0.25) is 0 Å². The maximum atomic E-state index is 12.9. The lowest BCUT2D eigenvalue weighted by atomic mass is 9.54. The van der Waals surface area contributed by atoms with E-state index in [4.69, 9.17) is 9.47 Å². The van der Waals surface area contributed by atoms with Crippen molar-refractivity contribution in [2.24, 2.45) is 63.0 Å². The molecule has 7 aliphatic rings. The van der Waals surface area contributed by atoms with Crippen molar-refractivity contribution in [1.82, 2.24) is 0 Å². The van der Waals surface area contributed by atoms with E-state index in [1.807, 2.05) is 0 Å². The lowest BCUT2D eigenvalue weighted by molar-refractivity contribution is -0.175. The van der Waals surface area contributed by atoms with Crippen molar-refractivity contribution in [3.63, 3.8) is 0 Å². The van der Waals surface area contributed by atoms with Crippen LogP contribution >= 0.6 is 0 Å². The minimum absolute atomic E-state index is 0.0894. The van der Waals surface area contributed by atoms with E-state index in [0.29, 0.717) is 35.5 Å². The van der Waals surface area contributed by atoms with Crippen molar-refractivity contribution in [2.75, 3.05) is 20.8 Å². The zero-order chi connectivity index (χ0) is 15.7. The summed E-state index contributed by atoms with van der Waals surface area (Å²) in [6, 6.07) is 0. The Morgan fingerprint density at radius 2 is 1.61 bits per heavy atom. The number of allylic oxidation sites excluding steroid dienone is 2. The van der Waals surface area contributed by atoms with Crippen LogP contribution in [0.25, 0.3) is 0 Å². The number of fused-ring (bicyclic) bond motifs is 1. The third-order valence-electron chi connectivity index (χ3n) is 8.21. The number of nitrogens with zero attached hydrogens (tertiary/aromatic N) is 2. The van der Waals surface area contributed by atoms with Gasteiger partial charge in [-0.3, -0.25) is 4.79 Å². The van der Waals surface area contributed by atoms with E-state index in [1.165, 1.54) is 14.2 Å². The van der Waals surface area contributed by atoms with E-state index in [0.717, 1.165) is 0 Å². The number of carbonyl (C=O) groups excluding carboxylic acids is 2. The highest BCUT2D eigenvalue weighted by Crippen LogP contribution is 2.87. The topological polar surface area (TPSA) is 77.3 Å². The molecule has 23 heavy (non-hydrogen) atoms. The molecule has 6 aliphatic carbocycles. The molecule has 5 fully saturated rings. The Labute approximate surface area is 133 Å². The first kappa shape index (κ1) is 12.7. The van der Waals surface area contributed by atoms with E-state index in [-0.39, 0.29) is 24.3 Å². The van der Waals surface area contributed by atoms with Crippen LogP contribution in [0.5, 0.6) is 0 Å². The first-order valence-electron chi connectivity index (χ1n) is 8.39. The minimum Gasteiger partial charge on any atom is -0.468 e. The van der Waals surface area contributed by atoms with Crippen LogP contribution in [0.4, 0.5) is 0 Å². The maximum Gasteiger partial charge on any atom is 0.337 e. The molecule has 0 aromatic carbocycles. The van der Waals surface area contributed by atoms with Crippen LogP contribution in [-0.4, -0.2) is 38.2 Å². The summed E-state index contributed by atoms with van der Waals surface area (Å²) in [6.45, 7) is 0.267. The molecular weight excluding hydrogens is 296 g/mol. The molecule has 0 spiro atoms. The number of hydrogen-bond acceptors (Lipinski definition) is 6. The van der Waals surface area contributed by atoms with Gasteiger partial charge in [0.25, 0.3) is 0 Å². The fraction of sp³-hybridized carbons (Fsp3) is 0.765. The molecule has 0 aromatic heterocycles. The van der Waals surface area contributed by atoms with E-state index in [2.05, 4.69) is 22.4 Å². The van der Waals surface area contributed by atoms with Crippen LogP contribution in [-0.2, 0) is 19.1 Å². The second-order valence-corrected chi connectivity index (χ2v) is 8.02. The summed E-state index contributed by atoms with van der Waals surface area (Å²) >= 11 is 0. The molecule has 8 bridgehead atoms. The van der Waals surface area contributed by atoms with E-state index >= 15 is 0 Å². The van der Waals surface area contributed by atoms with Crippen molar-refractivity contribution >= 4 is 11.9 Å². The summed E-state index contributed by atoms with van der Waals surface area (Å²) in [4.78, 5) is 25.8. The van der Waals surface area contributed by atoms with Gasteiger partial charge in [0.05, 0.1) is 20.8 Å². The fourth-order valence-electron chi connectivity index (χ4n) is 8.20. The van der Waals surface area contributed by atoms with Gasteiger partial charge in [0.1, 0.15) is 5.41 Å². The van der Waals surface area contributed by atoms with Crippen LogP contribution in [0.3, 0.4) is 0 Å². The first-order valence-corrected chi connectivity index (χ1v) is 8.39. The first-order chi connectivity index (χ1) is 11.1. The zero-order valence-corrected chi connectivity index (χ0v) is 13.0. The summed E-state index contributed by atoms with van der Waals surface area (Å²) < 4.78 is 10.3. The summed E-state index contributed by atoms with van der Waals surface area (Å²) in [5.74, 6) is 2.59. The normalized spacial score (nSPS) is 60.8. The van der Waals surface area contributed by atoms with Crippen LogP contribution in [0.1, 0.15) is 0 Å². The fourth-order valence-corrected chi connectivity index (χ4v) is 8.20. The Morgan fingerprint density at radius 3 is 2.26 bits per heavy atom. The second kappa shape index (κ2) is 3.37. The molecule has 0 aromatic rings. The van der Waals surface area contributed by atoms with Crippen LogP contribution in [0.15, 0.2) is 22.4 Å². The smallest absolute Gasteiger partial charge is 0.337 e. The Kier molecular flexibility index (Phi) is 1.86. The predicted molar refractivity (Wildman–Crippen MR) is 76.0 cm³/mol. The molecule has 1 aliphatic heterocycles. The van der Waals surface area contributed by atoms with Gasteiger partial charge in [0.15, 0.2) is 5.54 Å². The third kappa shape index (κ3) is 0.870. The molecule has 0 radical (unpaired) electrons. The number of ether oxygens (including phenoxy) is 2. The van der Waals surface area contributed by atoms with Gasteiger partial charge >= 0.3 is 11.9 Å². The number of azo groups is 1. The highest BCUT2D eigenvalue weighted by Gasteiger charge is 2.93. The number of methoxy groups -OCH3 is 2. The molecule has 7 rings (SSSR count). The largest absolute Gasteiger partial charge is 0.468 e. The molecule has 5 saturated carbocycles. The van der Waals surface area contributed by atoms with E-state index in [9.17, 15) is 9.59 Å². The minimum atomic E-state index is -1.14. The monoisotopic (exact) mass is 314 g/mol. The lowest BCUT2D eigenvalue weighted by Gasteiger charge is -2.48. The number of hydrogen-bond donors (Lipinski definition) is 0. The highest BCUT2D eigenvalue weighted by atomic mass is 16.5. The van der Waals surface area contributed by atoms with Crippen molar-refractivity contribution in [2.45, 2.75) is 5.54 Å². The molecule has 120 valence electrons. The van der Waals surface area contributed by atoms with Gasteiger partial charge in [-0.25, -0.2) is 4.79 Å². The molecule has 0 N–H and O–H groups in total. The maximum absolute atomic E-state index is 12.9. The summed E-state index contributed by atoms with van der Waals surface area (Å²) in [5, 5.41) is 8.64. The van der Waals surface area contributed by atoms with E-state index in [1.54, 1.807) is 0 Å². The van der Waals surface area contributed by atoms with Crippen molar-refractivity contribution < 1.29 is 19.1 Å². The molecule has 1 heterocycles. The third-order valence-corrected chi connectivity index (χ3v) is 8.21.